The summed E-state index contributed by atoms with van der Waals surface area (Å²) < 4.78 is 16.1. The van der Waals surface area contributed by atoms with E-state index in [1.807, 2.05) is 6.07 Å². The largest absolute Gasteiger partial charge is 0.497 e. The van der Waals surface area contributed by atoms with E-state index in [9.17, 15) is 0 Å². The van der Waals surface area contributed by atoms with Crippen LogP contribution in [0.5, 0.6) is 17.2 Å². The van der Waals surface area contributed by atoms with E-state index in [1.165, 1.54) is 37.3 Å². The number of rotatable bonds is 5. The van der Waals surface area contributed by atoms with Gasteiger partial charge >= 0.3 is 0 Å². The summed E-state index contributed by atoms with van der Waals surface area (Å²) in [6.07, 6.45) is 0. The number of ether oxygens (including phenoxy) is 3. The standard InChI is InChI=1S/C20H24N2O3/c1-23-18-5-2-16(3-6-18)13-21-8-10-22(11-9-21)14-17-4-7-19-20(12-17)25-15-24-19/h2-7,12H,8-11,13-15H2,1H3/p+2. The molecular weight excluding hydrogens is 316 g/mol. The van der Waals surface area contributed by atoms with Gasteiger partial charge in [-0.2, -0.15) is 0 Å². The molecule has 132 valence electrons. The number of hydrogen-bond acceptors (Lipinski definition) is 3. The van der Waals surface area contributed by atoms with Crippen LogP contribution < -0.4 is 24.0 Å². The molecule has 2 aromatic rings. The Labute approximate surface area is 148 Å². The SMILES string of the molecule is COc1ccc(C[NH+]2CC[NH+](Cc3ccc4c(c3)OCO4)CC2)cc1. The zero-order valence-corrected chi connectivity index (χ0v) is 14.7. The van der Waals surface area contributed by atoms with Crippen molar-refractivity contribution in [3.8, 4) is 17.2 Å². The van der Waals surface area contributed by atoms with E-state index in [2.05, 4.69) is 36.4 Å². The Morgan fingerprint density at radius 3 is 2.08 bits per heavy atom. The quantitative estimate of drug-likeness (QED) is 0.797. The Kier molecular flexibility index (Phi) is 4.76. The molecule has 2 aliphatic heterocycles. The number of hydrogen-bond donors (Lipinski definition) is 2. The maximum atomic E-state index is 5.48. The number of benzene rings is 2. The molecule has 2 aliphatic rings. The maximum Gasteiger partial charge on any atom is 0.231 e. The highest BCUT2D eigenvalue weighted by Gasteiger charge is 2.24. The molecule has 1 fully saturated rings. The molecule has 0 aromatic heterocycles. The Balaban J connectivity index is 1.28. The summed E-state index contributed by atoms with van der Waals surface area (Å²) in [5.41, 5.74) is 2.72. The number of piperazine rings is 1. The zero-order valence-electron chi connectivity index (χ0n) is 14.7. The van der Waals surface area contributed by atoms with E-state index in [-0.39, 0.29) is 0 Å². The number of quaternary nitrogens is 2. The van der Waals surface area contributed by atoms with Crippen molar-refractivity contribution in [2.45, 2.75) is 13.1 Å². The summed E-state index contributed by atoms with van der Waals surface area (Å²) in [6.45, 7) is 7.35. The van der Waals surface area contributed by atoms with Crippen LogP contribution in [-0.2, 0) is 13.1 Å². The Morgan fingerprint density at radius 2 is 1.40 bits per heavy atom. The fourth-order valence-electron chi connectivity index (χ4n) is 3.68. The first kappa shape index (κ1) is 16.2. The molecule has 5 nitrogen and oxygen atoms in total. The first-order chi connectivity index (χ1) is 12.3. The molecule has 5 heteroatoms. The minimum atomic E-state index is 0.346. The number of fused-ring (bicyclic) bond motifs is 1. The second kappa shape index (κ2) is 7.33. The van der Waals surface area contributed by atoms with Gasteiger partial charge in [-0.15, -0.1) is 0 Å². The molecule has 2 N–H and O–H groups in total. The van der Waals surface area contributed by atoms with Crippen LogP contribution in [-0.4, -0.2) is 40.1 Å². The lowest BCUT2D eigenvalue weighted by molar-refractivity contribution is -1.02. The lowest BCUT2D eigenvalue weighted by atomic mass is 10.1. The third-order valence-electron chi connectivity index (χ3n) is 5.17. The van der Waals surface area contributed by atoms with Gasteiger partial charge in [0.2, 0.25) is 6.79 Å². The van der Waals surface area contributed by atoms with Crippen molar-refractivity contribution >= 4 is 0 Å². The molecule has 0 atom stereocenters. The molecule has 0 amide bonds. The third kappa shape index (κ3) is 3.89. The molecular formula is C20H26N2O3+2. The summed E-state index contributed by atoms with van der Waals surface area (Å²) >= 11 is 0. The summed E-state index contributed by atoms with van der Waals surface area (Å²) in [6, 6.07) is 14.8. The molecule has 4 rings (SSSR count). The molecule has 0 bridgehead atoms. The number of nitrogens with one attached hydrogen (secondary N) is 2. The van der Waals surface area contributed by atoms with Crippen LogP contribution in [0.15, 0.2) is 42.5 Å². The van der Waals surface area contributed by atoms with Crippen molar-refractivity contribution < 1.29 is 24.0 Å². The predicted molar refractivity (Wildman–Crippen MR) is 94.4 cm³/mol. The minimum absolute atomic E-state index is 0.346. The van der Waals surface area contributed by atoms with E-state index in [1.54, 1.807) is 16.9 Å². The van der Waals surface area contributed by atoms with Crippen molar-refractivity contribution in [3.05, 3.63) is 53.6 Å². The average molecular weight is 342 g/mol. The average Bonchev–Trinajstić information content (AvgIpc) is 3.12. The fourth-order valence-corrected chi connectivity index (χ4v) is 3.68. The minimum Gasteiger partial charge on any atom is -0.497 e. The van der Waals surface area contributed by atoms with E-state index >= 15 is 0 Å². The van der Waals surface area contributed by atoms with Crippen LogP contribution in [0.25, 0.3) is 0 Å². The van der Waals surface area contributed by atoms with Gasteiger partial charge in [-0.25, -0.2) is 0 Å². The Morgan fingerprint density at radius 1 is 0.800 bits per heavy atom. The van der Waals surface area contributed by atoms with Gasteiger partial charge in [0.05, 0.1) is 7.11 Å². The van der Waals surface area contributed by atoms with Crippen LogP contribution in [0, 0.1) is 0 Å². The third-order valence-corrected chi connectivity index (χ3v) is 5.17. The van der Waals surface area contributed by atoms with Crippen LogP contribution in [0.4, 0.5) is 0 Å². The lowest BCUT2D eigenvalue weighted by Crippen LogP contribution is -3.27. The van der Waals surface area contributed by atoms with Gasteiger partial charge in [-0.1, -0.05) is 0 Å². The van der Waals surface area contributed by atoms with E-state index in [0.717, 1.165) is 30.3 Å². The Hall–Kier alpha value is -2.24. The molecule has 0 saturated carbocycles. The first-order valence-corrected chi connectivity index (χ1v) is 8.99. The molecule has 1 saturated heterocycles. The molecule has 0 spiro atoms. The van der Waals surface area contributed by atoms with Gasteiger partial charge in [0.1, 0.15) is 45.0 Å². The van der Waals surface area contributed by atoms with Gasteiger partial charge in [0.15, 0.2) is 11.5 Å². The van der Waals surface area contributed by atoms with Crippen LogP contribution in [0.3, 0.4) is 0 Å². The topological polar surface area (TPSA) is 36.6 Å². The smallest absolute Gasteiger partial charge is 0.231 e. The summed E-state index contributed by atoms with van der Waals surface area (Å²) in [4.78, 5) is 3.32. The van der Waals surface area contributed by atoms with Crippen molar-refractivity contribution in [1.29, 1.82) is 0 Å². The highest BCUT2D eigenvalue weighted by molar-refractivity contribution is 5.44. The summed E-state index contributed by atoms with van der Waals surface area (Å²) in [5, 5.41) is 0. The van der Waals surface area contributed by atoms with Gasteiger partial charge < -0.3 is 24.0 Å². The van der Waals surface area contributed by atoms with Gasteiger partial charge in [-0.05, 0) is 42.5 Å². The van der Waals surface area contributed by atoms with Gasteiger partial charge in [-0.3, -0.25) is 0 Å². The maximum absolute atomic E-state index is 5.48. The second-order valence-electron chi connectivity index (χ2n) is 6.89. The molecule has 0 aliphatic carbocycles. The van der Waals surface area contributed by atoms with Crippen LogP contribution in [0.1, 0.15) is 11.1 Å². The summed E-state index contributed by atoms with van der Waals surface area (Å²) in [5.74, 6) is 2.69. The highest BCUT2D eigenvalue weighted by atomic mass is 16.7. The normalized spacial score (nSPS) is 22.0. The van der Waals surface area contributed by atoms with E-state index in [4.69, 9.17) is 14.2 Å². The highest BCUT2D eigenvalue weighted by Crippen LogP contribution is 2.32. The van der Waals surface area contributed by atoms with Crippen molar-refractivity contribution in [1.82, 2.24) is 0 Å². The van der Waals surface area contributed by atoms with E-state index < -0.39 is 0 Å². The fraction of sp³-hybridized carbons (Fsp3) is 0.400. The van der Waals surface area contributed by atoms with Crippen molar-refractivity contribution in [2.24, 2.45) is 0 Å². The lowest BCUT2D eigenvalue weighted by Gasteiger charge is -2.29. The predicted octanol–water partition coefficient (Wildman–Crippen LogP) is -0.0925. The molecule has 25 heavy (non-hydrogen) atoms. The molecule has 0 radical (unpaired) electrons. The summed E-state index contributed by atoms with van der Waals surface area (Å²) in [7, 11) is 1.71. The van der Waals surface area contributed by atoms with Gasteiger partial charge in [0.25, 0.3) is 0 Å². The molecule has 2 aromatic carbocycles. The zero-order chi connectivity index (χ0) is 17.1. The first-order valence-electron chi connectivity index (χ1n) is 8.99. The Bertz CT molecular complexity index is 709. The van der Waals surface area contributed by atoms with Crippen molar-refractivity contribution in [2.75, 3.05) is 40.1 Å². The molecule has 0 unspecified atom stereocenters. The van der Waals surface area contributed by atoms with Crippen molar-refractivity contribution in [3.63, 3.8) is 0 Å². The second-order valence-corrected chi connectivity index (χ2v) is 6.89. The monoisotopic (exact) mass is 342 g/mol. The van der Waals surface area contributed by atoms with Crippen LogP contribution in [0.2, 0.25) is 0 Å². The molecule has 2 heterocycles. The number of methoxy groups -OCH3 is 1. The van der Waals surface area contributed by atoms with E-state index in [0.29, 0.717) is 6.79 Å². The van der Waals surface area contributed by atoms with Crippen LogP contribution >= 0.6 is 0 Å². The van der Waals surface area contributed by atoms with Gasteiger partial charge in [0, 0.05) is 11.1 Å².